The number of halogens is 2. The third-order valence-electron chi connectivity index (χ3n) is 3.77. The van der Waals surface area contributed by atoms with E-state index in [-0.39, 0.29) is 23.8 Å². The Labute approximate surface area is 119 Å². The van der Waals surface area contributed by atoms with Crippen LogP contribution >= 0.6 is 12.4 Å². The molecule has 0 radical (unpaired) electrons. The highest BCUT2D eigenvalue weighted by Crippen LogP contribution is 2.51. The SMILES string of the molecule is Cl.N[C@@]1(Cc2ccccc2)C[C@@H]1c1ccc(F)cc1. The van der Waals surface area contributed by atoms with Gasteiger partial charge in [0.1, 0.15) is 5.82 Å². The van der Waals surface area contributed by atoms with Gasteiger partial charge in [-0.05, 0) is 36.1 Å². The van der Waals surface area contributed by atoms with E-state index in [4.69, 9.17) is 5.73 Å². The predicted octanol–water partition coefficient (Wildman–Crippen LogP) is 3.68. The van der Waals surface area contributed by atoms with Crippen LogP contribution in [0.5, 0.6) is 0 Å². The van der Waals surface area contributed by atoms with Crippen molar-refractivity contribution < 1.29 is 4.39 Å². The molecule has 100 valence electrons. The highest BCUT2D eigenvalue weighted by Gasteiger charge is 2.51. The maximum atomic E-state index is 12.9. The van der Waals surface area contributed by atoms with E-state index < -0.39 is 0 Å². The number of nitrogens with two attached hydrogens (primary N) is 1. The average Bonchev–Trinajstić information content (AvgIpc) is 3.03. The van der Waals surface area contributed by atoms with Crippen molar-refractivity contribution in [3.63, 3.8) is 0 Å². The van der Waals surface area contributed by atoms with E-state index in [0.717, 1.165) is 18.4 Å². The molecule has 3 heteroatoms. The van der Waals surface area contributed by atoms with Crippen molar-refractivity contribution in [3.05, 3.63) is 71.5 Å². The summed E-state index contributed by atoms with van der Waals surface area (Å²) in [6.07, 6.45) is 1.86. The van der Waals surface area contributed by atoms with Crippen LogP contribution in [0.15, 0.2) is 54.6 Å². The quantitative estimate of drug-likeness (QED) is 0.910. The first kappa shape index (κ1) is 14.0. The molecule has 0 aromatic heterocycles. The second-order valence-electron chi connectivity index (χ2n) is 5.20. The lowest BCUT2D eigenvalue weighted by molar-refractivity contribution is 0.623. The zero-order valence-electron chi connectivity index (χ0n) is 10.6. The van der Waals surface area contributed by atoms with Gasteiger partial charge in [-0.2, -0.15) is 0 Å². The number of benzene rings is 2. The molecule has 19 heavy (non-hydrogen) atoms. The van der Waals surface area contributed by atoms with Gasteiger partial charge in [-0.25, -0.2) is 4.39 Å². The molecule has 1 fully saturated rings. The van der Waals surface area contributed by atoms with E-state index in [9.17, 15) is 4.39 Å². The lowest BCUT2D eigenvalue weighted by atomic mass is 10.00. The normalized spacial score (nSPS) is 24.6. The second-order valence-corrected chi connectivity index (χ2v) is 5.20. The van der Waals surface area contributed by atoms with Gasteiger partial charge in [0.25, 0.3) is 0 Å². The van der Waals surface area contributed by atoms with Crippen LogP contribution in [0.2, 0.25) is 0 Å². The van der Waals surface area contributed by atoms with Gasteiger partial charge < -0.3 is 5.73 Å². The van der Waals surface area contributed by atoms with E-state index in [1.165, 1.54) is 17.7 Å². The Hall–Kier alpha value is -1.38. The maximum absolute atomic E-state index is 12.9. The highest BCUT2D eigenvalue weighted by molar-refractivity contribution is 5.85. The smallest absolute Gasteiger partial charge is 0.123 e. The highest BCUT2D eigenvalue weighted by atomic mass is 35.5. The van der Waals surface area contributed by atoms with Gasteiger partial charge in [-0.15, -0.1) is 12.4 Å². The molecule has 0 spiro atoms. The van der Waals surface area contributed by atoms with Crippen LogP contribution in [-0.2, 0) is 6.42 Å². The summed E-state index contributed by atoms with van der Waals surface area (Å²) in [6, 6.07) is 17.0. The second kappa shape index (κ2) is 5.32. The molecule has 0 aliphatic heterocycles. The Balaban J connectivity index is 0.00000133. The summed E-state index contributed by atoms with van der Waals surface area (Å²) in [7, 11) is 0. The van der Waals surface area contributed by atoms with Crippen LogP contribution in [-0.4, -0.2) is 5.54 Å². The molecule has 3 rings (SSSR count). The largest absolute Gasteiger partial charge is 0.324 e. The topological polar surface area (TPSA) is 26.0 Å². The summed E-state index contributed by atoms with van der Waals surface area (Å²) in [5.41, 5.74) is 8.66. The molecule has 2 aromatic rings. The van der Waals surface area contributed by atoms with Crippen LogP contribution in [0.25, 0.3) is 0 Å². The molecule has 0 saturated heterocycles. The fourth-order valence-corrected chi connectivity index (χ4v) is 2.64. The lowest BCUT2D eigenvalue weighted by Crippen LogP contribution is -2.27. The van der Waals surface area contributed by atoms with Crippen LogP contribution in [0, 0.1) is 5.82 Å². The van der Waals surface area contributed by atoms with Crippen LogP contribution in [0.3, 0.4) is 0 Å². The van der Waals surface area contributed by atoms with Gasteiger partial charge in [-0.1, -0.05) is 42.5 Å². The fourth-order valence-electron chi connectivity index (χ4n) is 2.64. The van der Waals surface area contributed by atoms with Crippen molar-refractivity contribution in [1.82, 2.24) is 0 Å². The summed E-state index contributed by atoms with van der Waals surface area (Å²) in [6.45, 7) is 0. The maximum Gasteiger partial charge on any atom is 0.123 e. The minimum atomic E-state index is -0.190. The van der Waals surface area contributed by atoms with E-state index in [0.29, 0.717) is 5.92 Å². The Morgan fingerprint density at radius 2 is 1.68 bits per heavy atom. The molecule has 0 heterocycles. The summed E-state index contributed by atoms with van der Waals surface area (Å²) < 4.78 is 12.9. The molecule has 2 aromatic carbocycles. The zero-order valence-corrected chi connectivity index (χ0v) is 11.4. The van der Waals surface area contributed by atoms with Crippen molar-refractivity contribution in [2.75, 3.05) is 0 Å². The minimum absolute atomic E-state index is 0. The van der Waals surface area contributed by atoms with Crippen LogP contribution in [0.1, 0.15) is 23.5 Å². The average molecular weight is 278 g/mol. The molecule has 2 atom stereocenters. The van der Waals surface area contributed by atoms with E-state index >= 15 is 0 Å². The molecule has 1 aliphatic carbocycles. The van der Waals surface area contributed by atoms with Crippen molar-refractivity contribution in [1.29, 1.82) is 0 Å². The van der Waals surface area contributed by atoms with Gasteiger partial charge in [0.2, 0.25) is 0 Å². The molecule has 1 aliphatic rings. The first-order valence-electron chi connectivity index (χ1n) is 6.26. The Kier molecular flexibility index (Phi) is 3.93. The molecular weight excluding hydrogens is 261 g/mol. The van der Waals surface area contributed by atoms with E-state index in [2.05, 4.69) is 12.1 Å². The number of rotatable bonds is 3. The van der Waals surface area contributed by atoms with Gasteiger partial charge in [0.05, 0.1) is 0 Å². The van der Waals surface area contributed by atoms with Gasteiger partial charge in [-0.3, -0.25) is 0 Å². The third kappa shape index (κ3) is 2.96. The summed E-state index contributed by atoms with van der Waals surface area (Å²) >= 11 is 0. The third-order valence-corrected chi connectivity index (χ3v) is 3.77. The standard InChI is InChI=1S/C16H16FN.ClH/c17-14-8-6-13(7-9-14)15-11-16(15,18)10-12-4-2-1-3-5-12;/h1-9,15H,10-11,18H2;1H/t15-,16+;/m1./s1. The Bertz CT molecular complexity index is 540. The lowest BCUT2D eigenvalue weighted by Gasteiger charge is -2.11. The minimum Gasteiger partial charge on any atom is -0.324 e. The molecule has 0 bridgehead atoms. The Morgan fingerprint density at radius 1 is 1.05 bits per heavy atom. The first-order chi connectivity index (χ1) is 8.67. The summed E-state index contributed by atoms with van der Waals surface area (Å²) in [4.78, 5) is 0. The van der Waals surface area contributed by atoms with Gasteiger partial charge >= 0.3 is 0 Å². The summed E-state index contributed by atoms with van der Waals surface area (Å²) in [5, 5.41) is 0. The summed E-state index contributed by atoms with van der Waals surface area (Å²) in [5.74, 6) is 0.170. The number of hydrogen-bond donors (Lipinski definition) is 1. The molecule has 2 N–H and O–H groups in total. The predicted molar refractivity (Wildman–Crippen MR) is 78.1 cm³/mol. The van der Waals surface area contributed by atoms with Crippen molar-refractivity contribution in [3.8, 4) is 0 Å². The molecule has 1 saturated carbocycles. The van der Waals surface area contributed by atoms with Crippen molar-refractivity contribution in [2.24, 2.45) is 5.73 Å². The molecule has 0 amide bonds. The van der Waals surface area contributed by atoms with E-state index in [1.807, 2.05) is 30.3 Å². The molecule has 1 nitrogen and oxygen atoms in total. The van der Waals surface area contributed by atoms with E-state index in [1.54, 1.807) is 0 Å². The first-order valence-corrected chi connectivity index (χ1v) is 6.26. The number of hydrogen-bond acceptors (Lipinski definition) is 1. The van der Waals surface area contributed by atoms with Gasteiger partial charge in [0, 0.05) is 11.5 Å². The van der Waals surface area contributed by atoms with Crippen LogP contribution < -0.4 is 5.73 Å². The fraction of sp³-hybridized carbons (Fsp3) is 0.250. The Morgan fingerprint density at radius 3 is 2.32 bits per heavy atom. The molecular formula is C16H17ClFN. The monoisotopic (exact) mass is 277 g/mol. The molecule has 0 unspecified atom stereocenters. The van der Waals surface area contributed by atoms with Crippen molar-refractivity contribution >= 4 is 12.4 Å². The van der Waals surface area contributed by atoms with Gasteiger partial charge in [0.15, 0.2) is 0 Å². The zero-order chi connectivity index (χ0) is 12.6. The van der Waals surface area contributed by atoms with Crippen molar-refractivity contribution in [2.45, 2.75) is 24.3 Å². The van der Waals surface area contributed by atoms with Crippen LogP contribution in [0.4, 0.5) is 4.39 Å².